The van der Waals surface area contributed by atoms with Crippen LogP contribution in [0.3, 0.4) is 0 Å². The van der Waals surface area contributed by atoms with E-state index in [-0.39, 0.29) is 18.2 Å². The van der Waals surface area contributed by atoms with Crippen molar-refractivity contribution in [2.24, 2.45) is 0 Å². The molecular weight excluding hydrogens is 246 g/mol. The second-order valence-corrected chi connectivity index (χ2v) is 4.55. The first-order valence-corrected chi connectivity index (χ1v) is 6.16. The first-order chi connectivity index (χ1) is 9.03. The van der Waals surface area contributed by atoms with E-state index in [0.717, 1.165) is 12.2 Å². The topological polar surface area (TPSA) is 75.6 Å². The fraction of sp³-hybridized carbons (Fsp3) is 0.357. The molecule has 2 rings (SSSR count). The second-order valence-electron chi connectivity index (χ2n) is 4.55. The Kier molecular flexibility index (Phi) is 3.76. The zero-order valence-electron chi connectivity index (χ0n) is 11.0. The Morgan fingerprint density at radius 2 is 2.21 bits per heavy atom. The molecule has 2 aromatic heterocycles. The van der Waals surface area contributed by atoms with Gasteiger partial charge in [-0.05, 0) is 31.2 Å². The fourth-order valence-electron chi connectivity index (χ4n) is 1.70. The number of aryl methyl sites for hydroxylation is 1. The Hall–Kier alpha value is -2.01. The van der Waals surface area contributed by atoms with Gasteiger partial charge in [-0.25, -0.2) is 0 Å². The van der Waals surface area contributed by atoms with Gasteiger partial charge in [0.1, 0.15) is 17.1 Å². The Morgan fingerprint density at radius 1 is 1.42 bits per heavy atom. The van der Waals surface area contributed by atoms with Crippen LogP contribution in [0, 0.1) is 0 Å². The third-order valence-corrected chi connectivity index (χ3v) is 2.88. The molecule has 1 atom stereocenters. The predicted octanol–water partition coefficient (Wildman–Crippen LogP) is 2.07. The highest BCUT2D eigenvalue weighted by Crippen LogP contribution is 2.20. The Bertz CT molecular complexity index is 540. The summed E-state index contributed by atoms with van der Waals surface area (Å²) in [6.45, 7) is 3.56. The molecule has 0 bridgehead atoms. The van der Waals surface area contributed by atoms with Gasteiger partial charge in [-0.2, -0.15) is 0 Å². The molecule has 0 saturated carbocycles. The van der Waals surface area contributed by atoms with Gasteiger partial charge in [0, 0.05) is 6.42 Å². The lowest BCUT2D eigenvalue weighted by Crippen LogP contribution is -2.38. The third kappa shape index (κ3) is 3.06. The fourth-order valence-corrected chi connectivity index (χ4v) is 1.70. The van der Waals surface area contributed by atoms with Crippen LogP contribution in [-0.2, 0) is 12.0 Å². The summed E-state index contributed by atoms with van der Waals surface area (Å²) in [5, 5.41) is 12.8. The van der Waals surface area contributed by atoms with Crippen molar-refractivity contribution in [1.29, 1.82) is 0 Å². The van der Waals surface area contributed by atoms with Gasteiger partial charge in [0.25, 0.3) is 5.91 Å². The van der Waals surface area contributed by atoms with Crippen molar-refractivity contribution in [2.75, 3.05) is 6.54 Å². The van der Waals surface area contributed by atoms with E-state index < -0.39 is 5.60 Å². The number of amides is 1. The van der Waals surface area contributed by atoms with Crippen molar-refractivity contribution >= 4 is 5.91 Å². The molecule has 19 heavy (non-hydrogen) atoms. The first kappa shape index (κ1) is 13.4. The van der Waals surface area contributed by atoms with Crippen molar-refractivity contribution < 1.29 is 18.7 Å². The molecule has 0 aliphatic rings. The van der Waals surface area contributed by atoms with Gasteiger partial charge < -0.3 is 19.3 Å². The molecule has 1 unspecified atom stereocenters. The monoisotopic (exact) mass is 263 g/mol. The van der Waals surface area contributed by atoms with E-state index >= 15 is 0 Å². The molecule has 102 valence electrons. The number of hydrogen-bond donors (Lipinski definition) is 2. The lowest BCUT2D eigenvalue weighted by atomic mass is 10.0. The van der Waals surface area contributed by atoms with Crippen molar-refractivity contribution in [3.8, 4) is 0 Å². The van der Waals surface area contributed by atoms with Crippen molar-refractivity contribution in [1.82, 2.24) is 5.32 Å². The molecule has 0 saturated heterocycles. The van der Waals surface area contributed by atoms with Gasteiger partial charge in [-0.15, -0.1) is 0 Å². The number of carbonyl (C=O) groups excluding carboxylic acids is 1. The van der Waals surface area contributed by atoms with Gasteiger partial charge >= 0.3 is 0 Å². The zero-order chi connectivity index (χ0) is 13.9. The van der Waals surface area contributed by atoms with Crippen LogP contribution in [0.4, 0.5) is 0 Å². The van der Waals surface area contributed by atoms with Gasteiger partial charge in [0.05, 0.1) is 12.8 Å². The van der Waals surface area contributed by atoms with E-state index in [1.807, 2.05) is 6.92 Å². The first-order valence-electron chi connectivity index (χ1n) is 6.16. The number of carbonyl (C=O) groups is 1. The maximum atomic E-state index is 11.8. The van der Waals surface area contributed by atoms with E-state index in [1.165, 1.54) is 6.26 Å². The lowest BCUT2D eigenvalue weighted by Gasteiger charge is -2.20. The van der Waals surface area contributed by atoms with Gasteiger partial charge in [0.15, 0.2) is 5.76 Å². The van der Waals surface area contributed by atoms with Crippen LogP contribution < -0.4 is 5.32 Å². The standard InChI is InChI=1S/C14H17NO4/c1-3-10-6-7-11(19-10)13(16)15-9-14(2,17)12-5-4-8-18-12/h4-8,17H,3,9H2,1-2H3,(H,15,16). The Balaban J connectivity index is 1.97. The van der Waals surface area contributed by atoms with Crippen LogP contribution in [0.2, 0.25) is 0 Å². The highest BCUT2D eigenvalue weighted by Gasteiger charge is 2.27. The quantitative estimate of drug-likeness (QED) is 0.866. The van der Waals surface area contributed by atoms with E-state index in [2.05, 4.69) is 5.32 Å². The molecule has 2 N–H and O–H groups in total. The number of hydrogen-bond acceptors (Lipinski definition) is 4. The highest BCUT2D eigenvalue weighted by molar-refractivity contribution is 5.91. The number of furan rings is 2. The van der Waals surface area contributed by atoms with E-state index in [1.54, 1.807) is 31.2 Å². The highest BCUT2D eigenvalue weighted by atomic mass is 16.4. The average Bonchev–Trinajstić information content (AvgIpc) is 3.06. The average molecular weight is 263 g/mol. The second kappa shape index (κ2) is 5.32. The SMILES string of the molecule is CCc1ccc(C(=O)NCC(C)(O)c2ccco2)o1. The Labute approximate surface area is 111 Å². The van der Waals surface area contributed by atoms with E-state index in [9.17, 15) is 9.90 Å². The summed E-state index contributed by atoms with van der Waals surface area (Å²) >= 11 is 0. The minimum Gasteiger partial charge on any atom is -0.466 e. The summed E-state index contributed by atoms with van der Waals surface area (Å²) in [6.07, 6.45) is 2.21. The van der Waals surface area contributed by atoms with Gasteiger partial charge in [-0.3, -0.25) is 4.79 Å². The minimum atomic E-state index is -1.25. The lowest BCUT2D eigenvalue weighted by molar-refractivity contribution is 0.0326. The van der Waals surface area contributed by atoms with Crippen molar-refractivity contribution in [3.63, 3.8) is 0 Å². The van der Waals surface area contributed by atoms with Gasteiger partial charge in [0.2, 0.25) is 0 Å². The summed E-state index contributed by atoms with van der Waals surface area (Å²) in [5.74, 6) is 1.04. The largest absolute Gasteiger partial charge is 0.466 e. The Morgan fingerprint density at radius 3 is 2.79 bits per heavy atom. The number of aliphatic hydroxyl groups is 1. The maximum absolute atomic E-state index is 11.8. The number of nitrogens with one attached hydrogen (secondary N) is 1. The number of rotatable bonds is 5. The van der Waals surface area contributed by atoms with Crippen molar-refractivity contribution in [2.45, 2.75) is 25.9 Å². The van der Waals surface area contributed by atoms with Crippen LogP contribution in [0.5, 0.6) is 0 Å². The molecule has 0 radical (unpaired) electrons. The van der Waals surface area contributed by atoms with Crippen LogP contribution in [0.1, 0.15) is 35.9 Å². The third-order valence-electron chi connectivity index (χ3n) is 2.88. The minimum absolute atomic E-state index is 0.0432. The van der Waals surface area contributed by atoms with Crippen LogP contribution in [0.25, 0.3) is 0 Å². The molecule has 2 aromatic rings. The molecule has 2 heterocycles. The van der Waals surface area contributed by atoms with E-state index in [0.29, 0.717) is 5.76 Å². The smallest absolute Gasteiger partial charge is 0.287 e. The molecular formula is C14H17NO4. The molecule has 0 fully saturated rings. The van der Waals surface area contributed by atoms with Gasteiger partial charge in [-0.1, -0.05) is 6.92 Å². The van der Waals surface area contributed by atoms with Crippen molar-refractivity contribution in [3.05, 3.63) is 47.8 Å². The zero-order valence-corrected chi connectivity index (χ0v) is 11.0. The summed E-state index contributed by atoms with van der Waals surface area (Å²) < 4.78 is 10.5. The molecule has 0 spiro atoms. The summed E-state index contributed by atoms with van der Waals surface area (Å²) in [4.78, 5) is 11.8. The summed E-state index contributed by atoms with van der Waals surface area (Å²) in [7, 11) is 0. The van der Waals surface area contributed by atoms with E-state index in [4.69, 9.17) is 8.83 Å². The molecule has 0 aromatic carbocycles. The molecule has 5 nitrogen and oxygen atoms in total. The van der Waals surface area contributed by atoms with Crippen LogP contribution >= 0.6 is 0 Å². The molecule has 5 heteroatoms. The van der Waals surface area contributed by atoms with Crippen LogP contribution in [-0.4, -0.2) is 17.6 Å². The van der Waals surface area contributed by atoms with Crippen LogP contribution in [0.15, 0.2) is 39.4 Å². The predicted molar refractivity (Wildman–Crippen MR) is 68.7 cm³/mol. The molecule has 1 amide bonds. The normalized spacial score (nSPS) is 14.1. The maximum Gasteiger partial charge on any atom is 0.287 e. The summed E-state index contributed by atoms with van der Waals surface area (Å²) in [6, 6.07) is 6.73. The summed E-state index contributed by atoms with van der Waals surface area (Å²) in [5.41, 5.74) is -1.25. The molecule has 0 aliphatic carbocycles. The molecule has 0 aliphatic heterocycles.